The molecule has 160 valence electrons. The summed E-state index contributed by atoms with van der Waals surface area (Å²) in [7, 11) is 0. The van der Waals surface area contributed by atoms with Gasteiger partial charge in [0.15, 0.2) is 0 Å². The van der Waals surface area contributed by atoms with Gasteiger partial charge in [-0.15, -0.1) is 0 Å². The summed E-state index contributed by atoms with van der Waals surface area (Å²) in [5.41, 5.74) is 2.09. The normalized spacial score (nSPS) is 16.6. The van der Waals surface area contributed by atoms with Crippen molar-refractivity contribution in [3.8, 4) is 0 Å². The van der Waals surface area contributed by atoms with E-state index >= 15 is 0 Å². The van der Waals surface area contributed by atoms with Gasteiger partial charge in [0.05, 0.1) is 40.3 Å². The van der Waals surface area contributed by atoms with Crippen LogP contribution in [-0.4, -0.2) is 39.8 Å². The standard InChI is InChI=1S/C21H17F3N4O2S/c1-12-20(27-14-7-3-2-6-13(14)25-12)31-11-19(30)28-16-9-5-4-8-15(16)26-18(29)10-17(28)21(22,23)24/h2-9,17H,10-11H2,1H3,(H,26,29). The Morgan fingerprint density at radius 2 is 1.77 bits per heavy atom. The van der Waals surface area contributed by atoms with Crippen molar-refractivity contribution in [3.05, 3.63) is 54.2 Å². The summed E-state index contributed by atoms with van der Waals surface area (Å²) in [5, 5.41) is 2.92. The Kier molecular flexibility index (Phi) is 5.57. The van der Waals surface area contributed by atoms with Crippen LogP contribution in [0.15, 0.2) is 53.6 Å². The highest BCUT2D eigenvalue weighted by molar-refractivity contribution is 8.00. The van der Waals surface area contributed by atoms with E-state index in [2.05, 4.69) is 15.3 Å². The number of benzene rings is 2. The first-order valence-electron chi connectivity index (χ1n) is 9.38. The first-order valence-corrected chi connectivity index (χ1v) is 10.4. The zero-order valence-electron chi connectivity index (χ0n) is 16.3. The highest BCUT2D eigenvalue weighted by Gasteiger charge is 2.48. The summed E-state index contributed by atoms with van der Waals surface area (Å²) in [6, 6.07) is 10.9. The smallest absolute Gasteiger partial charge is 0.324 e. The van der Waals surface area contributed by atoms with Crippen molar-refractivity contribution in [2.45, 2.75) is 30.6 Å². The minimum Gasteiger partial charge on any atom is -0.324 e. The molecule has 1 aromatic heterocycles. The maximum Gasteiger partial charge on any atom is 0.409 e. The molecule has 1 atom stereocenters. The van der Waals surface area contributed by atoms with Crippen molar-refractivity contribution in [2.24, 2.45) is 0 Å². The van der Waals surface area contributed by atoms with Crippen LogP contribution in [0.2, 0.25) is 0 Å². The second-order valence-electron chi connectivity index (χ2n) is 6.98. The number of thioether (sulfide) groups is 1. The Morgan fingerprint density at radius 3 is 2.48 bits per heavy atom. The molecule has 0 spiro atoms. The number of hydrogen-bond donors (Lipinski definition) is 1. The third-order valence-electron chi connectivity index (χ3n) is 4.81. The van der Waals surface area contributed by atoms with E-state index < -0.39 is 30.5 Å². The Bertz CT molecular complexity index is 1170. The van der Waals surface area contributed by atoms with Crippen molar-refractivity contribution < 1.29 is 22.8 Å². The molecule has 2 amide bonds. The van der Waals surface area contributed by atoms with Gasteiger partial charge in [-0.2, -0.15) is 13.2 Å². The predicted octanol–water partition coefficient (Wildman–Crippen LogP) is 4.34. The predicted molar refractivity (Wildman–Crippen MR) is 112 cm³/mol. The van der Waals surface area contributed by atoms with Crippen molar-refractivity contribution in [2.75, 3.05) is 16.0 Å². The van der Waals surface area contributed by atoms with Crippen molar-refractivity contribution in [3.63, 3.8) is 0 Å². The number of para-hydroxylation sites is 4. The number of amides is 2. The van der Waals surface area contributed by atoms with Gasteiger partial charge < -0.3 is 5.32 Å². The van der Waals surface area contributed by atoms with Crippen LogP contribution in [-0.2, 0) is 9.59 Å². The maximum atomic E-state index is 13.8. The average Bonchev–Trinajstić information content (AvgIpc) is 2.87. The highest BCUT2D eigenvalue weighted by Crippen LogP contribution is 2.38. The third-order valence-corrected chi connectivity index (χ3v) is 5.86. The minimum atomic E-state index is -4.77. The zero-order chi connectivity index (χ0) is 22.2. The van der Waals surface area contributed by atoms with Crippen LogP contribution in [0.25, 0.3) is 11.0 Å². The Balaban J connectivity index is 1.65. The molecular formula is C21H17F3N4O2S. The molecule has 0 saturated heterocycles. The van der Waals surface area contributed by atoms with Gasteiger partial charge in [-0.25, -0.2) is 9.97 Å². The van der Waals surface area contributed by atoms with Crippen LogP contribution in [0.1, 0.15) is 12.1 Å². The zero-order valence-corrected chi connectivity index (χ0v) is 17.1. The number of fused-ring (bicyclic) bond motifs is 2. The number of rotatable bonds is 3. The van der Waals surface area contributed by atoms with Gasteiger partial charge in [0.25, 0.3) is 0 Å². The molecule has 1 unspecified atom stereocenters. The number of nitrogens with one attached hydrogen (secondary N) is 1. The molecule has 4 rings (SSSR count). The number of halogens is 3. The Morgan fingerprint density at radius 1 is 1.13 bits per heavy atom. The van der Waals surface area contributed by atoms with E-state index in [0.717, 1.165) is 11.8 Å². The lowest BCUT2D eigenvalue weighted by Crippen LogP contribution is -2.50. The molecular weight excluding hydrogens is 429 g/mol. The number of carbonyl (C=O) groups excluding carboxylic acids is 2. The summed E-state index contributed by atoms with van der Waals surface area (Å²) in [5.74, 6) is -1.86. The van der Waals surface area contributed by atoms with E-state index in [4.69, 9.17) is 0 Å². The van der Waals surface area contributed by atoms with Crippen LogP contribution >= 0.6 is 11.8 Å². The van der Waals surface area contributed by atoms with Gasteiger partial charge >= 0.3 is 6.18 Å². The Hall–Kier alpha value is -3.14. The quantitative estimate of drug-likeness (QED) is 0.606. The molecule has 0 bridgehead atoms. The summed E-state index contributed by atoms with van der Waals surface area (Å²) in [6.45, 7) is 1.73. The van der Waals surface area contributed by atoms with Crippen LogP contribution in [0, 0.1) is 6.92 Å². The molecule has 0 radical (unpaired) electrons. The van der Waals surface area contributed by atoms with E-state index in [9.17, 15) is 22.8 Å². The average molecular weight is 446 g/mol. The summed E-state index contributed by atoms with van der Waals surface area (Å²) in [4.78, 5) is 34.7. The summed E-state index contributed by atoms with van der Waals surface area (Å²) < 4.78 is 41.4. The molecule has 1 aliphatic heterocycles. The van der Waals surface area contributed by atoms with Gasteiger partial charge in [-0.3, -0.25) is 14.5 Å². The van der Waals surface area contributed by atoms with Crippen molar-refractivity contribution in [1.29, 1.82) is 0 Å². The fraction of sp³-hybridized carbons (Fsp3) is 0.238. The molecule has 0 aliphatic carbocycles. The van der Waals surface area contributed by atoms with Crippen molar-refractivity contribution >= 4 is 46.0 Å². The molecule has 10 heteroatoms. The van der Waals surface area contributed by atoms with E-state index in [1.165, 1.54) is 18.2 Å². The third kappa shape index (κ3) is 4.34. The molecule has 0 fully saturated rings. The molecule has 1 N–H and O–H groups in total. The fourth-order valence-corrected chi connectivity index (χ4v) is 4.22. The van der Waals surface area contributed by atoms with Gasteiger partial charge in [0.1, 0.15) is 11.1 Å². The van der Waals surface area contributed by atoms with E-state index in [1.54, 1.807) is 31.2 Å². The lowest BCUT2D eigenvalue weighted by molar-refractivity contribution is -0.157. The van der Waals surface area contributed by atoms with E-state index in [0.29, 0.717) is 26.7 Å². The van der Waals surface area contributed by atoms with Crippen LogP contribution in [0.4, 0.5) is 24.5 Å². The first-order chi connectivity index (χ1) is 14.7. The SMILES string of the molecule is Cc1nc2ccccc2nc1SCC(=O)N1c2ccccc2NC(=O)CC1C(F)(F)F. The lowest BCUT2D eigenvalue weighted by atomic mass is 10.1. The molecule has 2 heterocycles. The molecule has 1 aliphatic rings. The minimum absolute atomic E-state index is 0.0163. The summed E-state index contributed by atoms with van der Waals surface area (Å²) in [6.07, 6.45) is -5.64. The molecule has 3 aromatic rings. The number of carbonyl (C=O) groups is 2. The first kappa shape index (κ1) is 21.1. The van der Waals surface area contributed by atoms with Crippen LogP contribution in [0.5, 0.6) is 0 Å². The number of alkyl halides is 3. The largest absolute Gasteiger partial charge is 0.409 e. The highest BCUT2D eigenvalue weighted by atomic mass is 32.2. The number of anilines is 2. The molecule has 6 nitrogen and oxygen atoms in total. The second kappa shape index (κ2) is 8.18. The second-order valence-corrected chi connectivity index (χ2v) is 7.95. The number of hydrogen-bond acceptors (Lipinski definition) is 5. The van der Waals surface area contributed by atoms with Crippen molar-refractivity contribution in [1.82, 2.24) is 9.97 Å². The topological polar surface area (TPSA) is 75.2 Å². The number of aromatic nitrogens is 2. The van der Waals surface area contributed by atoms with Gasteiger partial charge in [-0.05, 0) is 31.2 Å². The van der Waals surface area contributed by atoms with Crippen LogP contribution in [0.3, 0.4) is 0 Å². The lowest BCUT2D eigenvalue weighted by Gasteiger charge is -2.31. The van der Waals surface area contributed by atoms with Gasteiger partial charge in [0.2, 0.25) is 11.8 Å². The van der Waals surface area contributed by atoms with Crippen LogP contribution < -0.4 is 10.2 Å². The Labute approximate surface area is 179 Å². The molecule has 2 aromatic carbocycles. The number of nitrogens with zero attached hydrogens (tertiary/aromatic N) is 3. The van der Waals surface area contributed by atoms with E-state index in [-0.39, 0.29) is 17.1 Å². The monoisotopic (exact) mass is 446 g/mol. The number of aryl methyl sites for hydroxylation is 1. The van der Waals surface area contributed by atoms with Gasteiger partial charge in [-0.1, -0.05) is 36.0 Å². The van der Waals surface area contributed by atoms with Gasteiger partial charge in [0, 0.05) is 0 Å². The summed E-state index contributed by atoms with van der Waals surface area (Å²) >= 11 is 1.02. The molecule has 0 saturated carbocycles. The maximum absolute atomic E-state index is 13.8. The fourth-order valence-electron chi connectivity index (χ4n) is 3.40. The van der Waals surface area contributed by atoms with E-state index in [1.807, 2.05) is 6.07 Å². The molecule has 31 heavy (non-hydrogen) atoms.